The van der Waals surface area contributed by atoms with Crippen LogP contribution in [0.15, 0.2) is 29.7 Å². The summed E-state index contributed by atoms with van der Waals surface area (Å²) in [5.74, 6) is 0.788. The number of aromatic nitrogens is 1. The molecule has 0 atom stereocenters. The van der Waals surface area contributed by atoms with Crippen molar-refractivity contribution < 1.29 is 9.53 Å². The maximum absolute atomic E-state index is 12.0. The molecule has 0 unspecified atom stereocenters. The summed E-state index contributed by atoms with van der Waals surface area (Å²) in [6.07, 6.45) is 3.29. The molecule has 2 rings (SSSR count). The van der Waals surface area contributed by atoms with Crippen LogP contribution in [0.2, 0.25) is 0 Å². The second-order valence-electron chi connectivity index (χ2n) is 5.56. The molecule has 0 aliphatic heterocycles. The number of thiazole rings is 1. The van der Waals surface area contributed by atoms with E-state index in [1.807, 2.05) is 38.3 Å². The molecule has 0 spiro atoms. The molecule has 1 amide bonds. The Hall–Kier alpha value is -2.14. The van der Waals surface area contributed by atoms with Crippen molar-refractivity contribution in [2.24, 2.45) is 0 Å². The lowest BCUT2D eigenvalue weighted by atomic mass is 10.1. The van der Waals surface area contributed by atoms with E-state index in [1.165, 1.54) is 11.1 Å². The second kappa shape index (κ2) is 7.92. The van der Waals surface area contributed by atoms with Gasteiger partial charge in [0, 0.05) is 18.5 Å². The maximum atomic E-state index is 12.0. The van der Waals surface area contributed by atoms with Crippen molar-refractivity contribution in [1.29, 1.82) is 0 Å². The molecule has 23 heavy (non-hydrogen) atoms. The summed E-state index contributed by atoms with van der Waals surface area (Å²) in [6, 6.07) is 6.10. The molecule has 1 heterocycles. The lowest BCUT2D eigenvalue weighted by molar-refractivity contribution is -0.125. The maximum Gasteiger partial charge on any atom is 0.246 e. The third-order valence-electron chi connectivity index (χ3n) is 3.30. The molecule has 0 fully saturated rings. The third-order valence-corrected chi connectivity index (χ3v) is 4.09. The Morgan fingerprint density at radius 2 is 1.96 bits per heavy atom. The molecule has 1 aromatic heterocycles. The first-order valence-corrected chi connectivity index (χ1v) is 8.38. The highest BCUT2D eigenvalue weighted by molar-refractivity contribution is 7.09. The molecule has 0 saturated heterocycles. The molecule has 0 N–H and O–H groups in total. The van der Waals surface area contributed by atoms with Gasteiger partial charge >= 0.3 is 0 Å². The Kier molecular flexibility index (Phi) is 5.93. The number of hydrogen-bond acceptors (Lipinski definition) is 4. The first-order valence-electron chi connectivity index (χ1n) is 7.50. The molecule has 4 nitrogen and oxygen atoms in total. The van der Waals surface area contributed by atoms with Gasteiger partial charge in [-0.1, -0.05) is 6.07 Å². The standard InChI is InChI=1S/C18H22N2O2S/c1-13-9-14(2)11-17(10-13)22-8-7-20(4)18(21)6-5-16-12-23-15(3)19-16/h5-6,9-12H,7-8H2,1-4H3/b6-5+. The van der Waals surface area contributed by atoms with Gasteiger partial charge in [-0.15, -0.1) is 11.3 Å². The first-order chi connectivity index (χ1) is 10.9. The monoisotopic (exact) mass is 330 g/mol. The van der Waals surface area contributed by atoms with Gasteiger partial charge in [0.1, 0.15) is 12.4 Å². The molecule has 5 heteroatoms. The molecule has 2 aromatic rings. The summed E-state index contributed by atoms with van der Waals surface area (Å²) in [5, 5.41) is 2.93. The fourth-order valence-electron chi connectivity index (χ4n) is 2.17. The van der Waals surface area contributed by atoms with E-state index in [0.717, 1.165) is 16.5 Å². The Bertz CT molecular complexity index is 687. The second-order valence-corrected chi connectivity index (χ2v) is 6.62. The van der Waals surface area contributed by atoms with Crippen molar-refractivity contribution in [3.05, 3.63) is 51.5 Å². The predicted molar refractivity (Wildman–Crippen MR) is 94.9 cm³/mol. The van der Waals surface area contributed by atoms with E-state index in [2.05, 4.69) is 11.1 Å². The van der Waals surface area contributed by atoms with E-state index >= 15 is 0 Å². The molecule has 0 aliphatic carbocycles. The summed E-state index contributed by atoms with van der Waals surface area (Å²) >= 11 is 1.57. The van der Waals surface area contributed by atoms with E-state index in [0.29, 0.717) is 13.2 Å². The summed E-state index contributed by atoms with van der Waals surface area (Å²) in [7, 11) is 1.77. The highest BCUT2D eigenvalue weighted by Gasteiger charge is 2.05. The van der Waals surface area contributed by atoms with Crippen LogP contribution in [0.25, 0.3) is 6.08 Å². The van der Waals surface area contributed by atoms with Crippen molar-refractivity contribution in [1.82, 2.24) is 9.88 Å². The molecule has 122 valence electrons. The van der Waals surface area contributed by atoms with Crippen LogP contribution in [-0.4, -0.2) is 36.0 Å². The third kappa shape index (κ3) is 5.53. The number of hydrogen-bond donors (Lipinski definition) is 0. The largest absolute Gasteiger partial charge is 0.492 e. The van der Waals surface area contributed by atoms with Gasteiger partial charge in [-0.05, 0) is 50.1 Å². The van der Waals surface area contributed by atoms with Crippen LogP contribution in [0.4, 0.5) is 0 Å². The molecule has 1 aromatic carbocycles. The van der Waals surface area contributed by atoms with Gasteiger partial charge < -0.3 is 9.64 Å². The molecular weight excluding hydrogens is 308 g/mol. The van der Waals surface area contributed by atoms with Crippen LogP contribution in [0.3, 0.4) is 0 Å². The normalized spacial score (nSPS) is 11.0. The van der Waals surface area contributed by atoms with Gasteiger partial charge in [0.2, 0.25) is 5.91 Å². The van der Waals surface area contributed by atoms with Crippen LogP contribution in [0.5, 0.6) is 5.75 Å². The number of benzene rings is 1. The van der Waals surface area contributed by atoms with Gasteiger partial charge in [0.25, 0.3) is 0 Å². The smallest absolute Gasteiger partial charge is 0.246 e. The van der Waals surface area contributed by atoms with Crippen LogP contribution in [0.1, 0.15) is 21.8 Å². The highest BCUT2D eigenvalue weighted by Crippen LogP contribution is 2.16. The number of carbonyl (C=O) groups excluding carboxylic acids is 1. The molecular formula is C18H22N2O2S. The van der Waals surface area contributed by atoms with Gasteiger partial charge in [-0.25, -0.2) is 4.98 Å². The predicted octanol–water partition coefficient (Wildman–Crippen LogP) is 3.62. The van der Waals surface area contributed by atoms with Crippen LogP contribution in [-0.2, 0) is 4.79 Å². The van der Waals surface area contributed by atoms with Crippen molar-refractivity contribution in [2.45, 2.75) is 20.8 Å². The summed E-state index contributed by atoms with van der Waals surface area (Å²) in [4.78, 5) is 18.0. The Balaban J connectivity index is 1.80. The summed E-state index contributed by atoms with van der Waals surface area (Å²) < 4.78 is 5.73. The number of rotatable bonds is 6. The number of amides is 1. The zero-order valence-corrected chi connectivity index (χ0v) is 14.8. The summed E-state index contributed by atoms with van der Waals surface area (Å²) in [6.45, 7) is 7.03. The molecule has 0 aliphatic rings. The zero-order chi connectivity index (χ0) is 16.8. The SMILES string of the molecule is Cc1cc(C)cc(OCCN(C)C(=O)/C=C/c2csc(C)n2)c1. The van der Waals surface area contributed by atoms with Gasteiger partial charge in [-0.2, -0.15) is 0 Å². The molecule has 0 bridgehead atoms. The number of nitrogens with zero attached hydrogens (tertiary/aromatic N) is 2. The van der Waals surface area contributed by atoms with Gasteiger partial charge in [-0.3, -0.25) is 4.79 Å². The van der Waals surface area contributed by atoms with E-state index in [-0.39, 0.29) is 5.91 Å². The van der Waals surface area contributed by atoms with Crippen LogP contribution in [0, 0.1) is 20.8 Å². The topological polar surface area (TPSA) is 42.4 Å². The minimum Gasteiger partial charge on any atom is -0.492 e. The Morgan fingerprint density at radius 1 is 1.26 bits per heavy atom. The lowest BCUT2D eigenvalue weighted by Crippen LogP contribution is -2.29. The van der Waals surface area contributed by atoms with E-state index in [1.54, 1.807) is 35.4 Å². The number of ether oxygens (including phenoxy) is 1. The average Bonchev–Trinajstić information content (AvgIpc) is 2.89. The van der Waals surface area contributed by atoms with Crippen molar-refractivity contribution in [2.75, 3.05) is 20.2 Å². The minimum absolute atomic E-state index is 0.0559. The van der Waals surface area contributed by atoms with E-state index in [9.17, 15) is 4.79 Å². The Morgan fingerprint density at radius 3 is 2.57 bits per heavy atom. The van der Waals surface area contributed by atoms with E-state index in [4.69, 9.17) is 4.74 Å². The number of aryl methyl sites for hydroxylation is 3. The quantitative estimate of drug-likeness (QED) is 0.760. The van der Waals surface area contributed by atoms with Gasteiger partial charge in [0.15, 0.2) is 0 Å². The van der Waals surface area contributed by atoms with Crippen LogP contribution >= 0.6 is 11.3 Å². The lowest BCUT2D eigenvalue weighted by Gasteiger charge is -2.16. The van der Waals surface area contributed by atoms with Crippen molar-refractivity contribution >= 4 is 23.3 Å². The minimum atomic E-state index is -0.0559. The Labute approximate surface area is 141 Å². The zero-order valence-electron chi connectivity index (χ0n) is 14.0. The summed E-state index contributed by atoms with van der Waals surface area (Å²) in [5.41, 5.74) is 3.16. The molecule has 0 radical (unpaired) electrons. The number of likely N-dealkylation sites (N-methyl/N-ethyl adjacent to an activating group) is 1. The number of carbonyl (C=O) groups is 1. The van der Waals surface area contributed by atoms with Crippen molar-refractivity contribution in [3.8, 4) is 5.75 Å². The van der Waals surface area contributed by atoms with Gasteiger partial charge in [0.05, 0.1) is 17.2 Å². The molecule has 0 saturated carbocycles. The highest BCUT2D eigenvalue weighted by atomic mass is 32.1. The first kappa shape index (κ1) is 17.2. The fraction of sp³-hybridized carbons (Fsp3) is 0.333. The van der Waals surface area contributed by atoms with Crippen molar-refractivity contribution in [3.63, 3.8) is 0 Å². The van der Waals surface area contributed by atoms with Crippen LogP contribution < -0.4 is 4.74 Å². The average molecular weight is 330 g/mol. The fourth-order valence-corrected chi connectivity index (χ4v) is 2.75. The van der Waals surface area contributed by atoms with E-state index < -0.39 is 0 Å².